The summed E-state index contributed by atoms with van der Waals surface area (Å²) in [6.45, 7) is 8.68. The first kappa shape index (κ1) is 32.2. The summed E-state index contributed by atoms with van der Waals surface area (Å²) in [5, 5.41) is 0. The lowest BCUT2D eigenvalue weighted by Gasteiger charge is -2.30. The van der Waals surface area contributed by atoms with Gasteiger partial charge in [0.25, 0.3) is 0 Å². The lowest BCUT2D eigenvalue weighted by Crippen LogP contribution is -2.25. The van der Waals surface area contributed by atoms with Gasteiger partial charge in [-0.05, 0) is 69.1 Å². The second kappa shape index (κ2) is 12.0. The molecule has 0 amide bonds. The van der Waals surface area contributed by atoms with Crippen molar-refractivity contribution in [1.82, 2.24) is 19.9 Å². The Morgan fingerprint density at radius 2 is 0.796 bits per heavy atom. The molecule has 10 rings (SSSR count). The van der Waals surface area contributed by atoms with E-state index in [9.17, 15) is 0 Å². The smallest absolute Gasteiger partial charge is 0.164 e. The predicted molar refractivity (Wildman–Crippen MR) is 219 cm³/mol. The molecular weight excluding hydrogens is 657 g/mol. The standard InChI is InChI=1S/C50H38N4/c1-31-36(28-29-45(51-31)49(2,3)4)32-22-24-34(25-23-32)47-52-46(33-14-6-5-7-15-33)53-48(54-47)35-26-27-40-39-18-10-13-21-43(39)50(44(40)30-35)41-19-11-8-16-37(41)38-17-9-12-20-42(38)50/h5-30H,1-4H3. The molecule has 0 atom stereocenters. The van der Waals surface area contributed by atoms with E-state index in [1.807, 2.05) is 18.2 Å². The van der Waals surface area contributed by atoms with E-state index in [1.54, 1.807) is 0 Å². The molecule has 54 heavy (non-hydrogen) atoms. The summed E-state index contributed by atoms with van der Waals surface area (Å²) in [4.78, 5) is 20.4. The van der Waals surface area contributed by atoms with Crippen LogP contribution < -0.4 is 0 Å². The molecule has 0 saturated heterocycles. The number of aryl methyl sites for hydroxylation is 1. The molecule has 0 radical (unpaired) electrons. The summed E-state index contributed by atoms with van der Waals surface area (Å²) in [6, 6.07) is 56.5. The van der Waals surface area contributed by atoms with Crippen molar-refractivity contribution in [1.29, 1.82) is 0 Å². The van der Waals surface area contributed by atoms with Crippen LogP contribution in [0.15, 0.2) is 158 Å². The van der Waals surface area contributed by atoms with Gasteiger partial charge in [0.05, 0.1) is 5.41 Å². The monoisotopic (exact) mass is 694 g/mol. The molecule has 6 aromatic carbocycles. The third-order valence-electron chi connectivity index (χ3n) is 11.2. The van der Waals surface area contributed by atoms with Crippen LogP contribution >= 0.6 is 0 Å². The first-order chi connectivity index (χ1) is 26.3. The number of fused-ring (bicyclic) bond motifs is 10. The molecule has 2 aliphatic carbocycles. The lowest BCUT2D eigenvalue weighted by molar-refractivity contribution is 0.567. The molecule has 0 unspecified atom stereocenters. The zero-order valence-corrected chi connectivity index (χ0v) is 30.8. The van der Waals surface area contributed by atoms with Gasteiger partial charge in [-0.15, -0.1) is 0 Å². The highest BCUT2D eigenvalue weighted by Crippen LogP contribution is 2.63. The fraction of sp³-hybridized carbons (Fsp3) is 0.120. The average Bonchev–Trinajstić information content (AvgIpc) is 3.68. The van der Waals surface area contributed by atoms with Crippen LogP contribution in [0.1, 0.15) is 54.4 Å². The Hall–Kier alpha value is -6.52. The second-order valence-electron chi connectivity index (χ2n) is 15.5. The van der Waals surface area contributed by atoms with Crippen molar-refractivity contribution in [2.24, 2.45) is 0 Å². The van der Waals surface area contributed by atoms with Gasteiger partial charge >= 0.3 is 0 Å². The van der Waals surface area contributed by atoms with Crippen molar-refractivity contribution in [2.75, 3.05) is 0 Å². The molecular formula is C50H38N4. The number of nitrogens with zero attached hydrogens (tertiary/aromatic N) is 4. The van der Waals surface area contributed by atoms with Gasteiger partial charge in [-0.1, -0.05) is 166 Å². The van der Waals surface area contributed by atoms with Gasteiger partial charge in [0.1, 0.15) is 0 Å². The number of benzene rings is 6. The van der Waals surface area contributed by atoms with Crippen LogP contribution in [0.2, 0.25) is 0 Å². The fourth-order valence-corrected chi connectivity index (χ4v) is 8.67. The maximum Gasteiger partial charge on any atom is 0.164 e. The Kier molecular flexibility index (Phi) is 7.15. The highest BCUT2D eigenvalue weighted by molar-refractivity contribution is 5.95. The Labute approximate surface area is 316 Å². The van der Waals surface area contributed by atoms with E-state index < -0.39 is 5.41 Å². The molecule has 8 aromatic rings. The molecule has 0 bridgehead atoms. The van der Waals surface area contributed by atoms with Gasteiger partial charge in [0.2, 0.25) is 0 Å². The molecule has 258 valence electrons. The van der Waals surface area contributed by atoms with Crippen molar-refractivity contribution in [3.63, 3.8) is 0 Å². The highest BCUT2D eigenvalue weighted by atomic mass is 15.0. The molecule has 2 aromatic heterocycles. The molecule has 1 spiro atoms. The van der Waals surface area contributed by atoms with Gasteiger partial charge in [0, 0.05) is 39.1 Å². The molecule has 4 heteroatoms. The summed E-state index contributed by atoms with van der Waals surface area (Å²) < 4.78 is 0. The van der Waals surface area contributed by atoms with Crippen LogP contribution in [0.5, 0.6) is 0 Å². The predicted octanol–water partition coefficient (Wildman–Crippen LogP) is 11.9. The van der Waals surface area contributed by atoms with Crippen LogP contribution in [0, 0.1) is 6.92 Å². The van der Waals surface area contributed by atoms with Crippen LogP contribution in [0.25, 0.3) is 67.5 Å². The van der Waals surface area contributed by atoms with Gasteiger partial charge in [-0.25, -0.2) is 15.0 Å². The molecule has 0 fully saturated rings. The first-order valence-corrected chi connectivity index (χ1v) is 18.7. The molecule has 4 nitrogen and oxygen atoms in total. The largest absolute Gasteiger partial charge is 0.257 e. The van der Waals surface area contributed by atoms with E-state index in [-0.39, 0.29) is 5.41 Å². The summed E-state index contributed by atoms with van der Waals surface area (Å²) in [5.74, 6) is 1.93. The maximum absolute atomic E-state index is 5.20. The van der Waals surface area contributed by atoms with Crippen molar-refractivity contribution in [3.8, 4) is 67.5 Å². The minimum absolute atomic E-state index is 0.00449. The van der Waals surface area contributed by atoms with Crippen LogP contribution in [0.4, 0.5) is 0 Å². The van der Waals surface area contributed by atoms with Gasteiger partial charge in [0.15, 0.2) is 17.5 Å². The quantitative estimate of drug-likeness (QED) is 0.184. The van der Waals surface area contributed by atoms with Crippen LogP contribution in [0.3, 0.4) is 0 Å². The van der Waals surface area contributed by atoms with Crippen molar-refractivity contribution < 1.29 is 0 Å². The Morgan fingerprint density at radius 3 is 1.33 bits per heavy atom. The summed E-state index contributed by atoms with van der Waals surface area (Å²) in [7, 11) is 0. The SMILES string of the molecule is Cc1nc(C(C)(C)C)ccc1-c1ccc(-c2nc(-c3ccccc3)nc(-c3ccc4c(c3)C3(c5ccccc5-c5ccccc53)c3ccccc3-4)n2)cc1. The highest BCUT2D eigenvalue weighted by Gasteiger charge is 2.51. The fourth-order valence-electron chi connectivity index (χ4n) is 8.67. The van der Waals surface area contributed by atoms with Crippen molar-refractivity contribution >= 4 is 0 Å². The van der Waals surface area contributed by atoms with Crippen LogP contribution in [-0.2, 0) is 10.8 Å². The number of hydrogen-bond donors (Lipinski definition) is 0. The zero-order chi connectivity index (χ0) is 36.6. The molecule has 2 heterocycles. The van der Waals surface area contributed by atoms with E-state index >= 15 is 0 Å². The minimum Gasteiger partial charge on any atom is -0.257 e. The summed E-state index contributed by atoms with van der Waals surface area (Å²) in [5.41, 5.74) is 17.0. The summed E-state index contributed by atoms with van der Waals surface area (Å²) >= 11 is 0. The first-order valence-electron chi connectivity index (χ1n) is 18.7. The van der Waals surface area contributed by atoms with E-state index in [4.69, 9.17) is 19.9 Å². The zero-order valence-electron chi connectivity index (χ0n) is 30.8. The van der Waals surface area contributed by atoms with Crippen molar-refractivity contribution in [2.45, 2.75) is 38.5 Å². The topological polar surface area (TPSA) is 51.6 Å². The van der Waals surface area contributed by atoms with Gasteiger partial charge in [-0.3, -0.25) is 4.98 Å². The number of hydrogen-bond acceptors (Lipinski definition) is 4. The number of rotatable bonds is 4. The van der Waals surface area contributed by atoms with Crippen LogP contribution in [-0.4, -0.2) is 19.9 Å². The summed E-state index contributed by atoms with van der Waals surface area (Å²) in [6.07, 6.45) is 0. The maximum atomic E-state index is 5.20. The number of pyridine rings is 1. The van der Waals surface area contributed by atoms with Gasteiger partial charge in [-0.2, -0.15) is 0 Å². The molecule has 0 aliphatic heterocycles. The van der Waals surface area contributed by atoms with E-state index in [0.717, 1.165) is 39.2 Å². The normalized spacial score (nSPS) is 13.3. The average molecular weight is 695 g/mol. The van der Waals surface area contributed by atoms with E-state index in [0.29, 0.717) is 17.5 Å². The van der Waals surface area contributed by atoms with E-state index in [1.165, 1.54) is 44.5 Å². The van der Waals surface area contributed by atoms with Gasteiger partial charge < -0.3 is 0 Å². The van der Waals surface area contributed by atoms with E-state index in [2.05, 4.69) is 167 Å². The minimum atomic E-state index is -0.443. The lowest BCUT2D eigenvalue weighted by atomic mass is 9.70. The molecule has 0 N–H and O–H groups in total. The molecule has 0 saturated carbocycles. The number of aromatic nitrogens is 4. The Bertz CT molecular complexity index is 2690. The third-order valence-corrected chi connectivity index (χ3v) is 11.2. The Balaban J connectivity index is 1.13. The van der Waals surface area contributed by atoms with Crippen molar-refractivity contribution in [3.05, 3.63) is 191 Å². The third kappa shape index (κ3) is 4.83. The Morgan fingerprint density at radius 1 is 0.370 bits per heavy atom. The molecule has 2 aliphatic rings. The second-order valence-corrected chi connectivity index (χ2v) is 15.5.